The standard InChI is InChI=1S/C16H16N2O2/c1-20-15-4-2-3-14(11-15)12-18-16(19)6-5-13-7-9-17-10-8-13/h2-11H,12H2,1H3,(H,18,19). The normalized spacial score (nSPS) is 10.4. The number of amides is 1. The Kier molecular flexibility index (Phi) is 4.89. The third-order valence-corrected chi connectivity index (χ3v) is 2.73. The van der Waals surface area contributed by atoms with Crippen molar-refractivity contribution < 1.29 is 9.53 Å². The van der Waals surface area contributed by atoms with E-state index in [9.17, 15) is 4.79 Å². The maximum Gasteiger partial charge on any atom is 0.244 e. The molecule has 1 amide bonds. The summed E-state index contributed by atoms with van der Waals surface area (Å²) in [6, 6.07) is 11.3. The maximum absolute atomic E-state index is 11.7. The zero-order valence-electron chi connectivity index (χ0n) is 11.2. The lowest BCUT2D eigenvalue weighted by Gasteiger charge is -2.05. The van der Waals surface area contributed by atoms with Gasteiger partial charge >= 0.3 is 0 Å². The summed E-state index contributed by atoms with van der Waals surface area (Å²) in [5.41, 5.74) is 1.94. The molecule has 102 valence electrons. The maximum atomic E-state index is 11.7. The number of hydrogen-bond acceptors (Lipinski definition) is 3. The summed E-state index contributed by atoms with van der Waals surface area (Å²) in [7, 11) is 1.62. The number of carbonyl (C=O) groups is 1. The van der Waals surface area contributed by atoms with E-state index in [0.717, 1.165) is 16.9 Å². The van der Waals surface area contributed by atoms with Gasteiger partial charge < -0.3 is 10.1 Å². The molecule has 0 fully saturated rings. The predicted molar refractivity (Wildman–Crippen MR) is 78.1 cm³/mol. The van der Waals surface area contributed by atoms with E-state index in [1.807, 2.05) is 36.4 Å². The highest BCUT2D eigenvalue weighted by molar-refractivity contribution is 5.91. The first kappa shape index (κ1) is 13.8. The molecule has 2 rings (SSSR count). The summed E-state index contributed by atoms with van der Waals surface area (Å²) in [6.45, 7) is 0.469. The number of hydrogen-bond donors (Lipinski definition) is 1. The molecule has 4 heteroatoms. The molecule has 1 aromatic carbocycles. The molecule has 0 bridgehead atoms. The van der Waals surface area contributed by atoms with Gasteiger partial charge in [0.1, 0.15) is 5.75 Å². The van der Waals surface area contributed by atoms with Gasteiger partial charge in [0.05, 0.1) is 7.11 Å². The zero-order valence-corrected chi connectivity index (χ0v) is 11.2. The Morgan fingerprint density at radius 1 is 1.30 bits per heavy atom. The average molecular weight is 268 g/mol. The minimum absolute atomic E-state index is 0.135. The molecule has 1 aromatic heterocycles. The fourth-order valence-corrected chi connectivity index (χ4v) is 1.68. The Labute approximate surface area is 118 Å². The molecule has 20 heavy (non-hydrogen) atoms. The van der Waals surface area contributed by atoms with Gasteiger partial charge in [-0.3, -0.25) is 9.78 Å². The molecule has 0 saturated carbocycles. The molecule has 0 aliphatic carbocycles. The summed E-state index contributed by atoms with van der Waals surface area (Å²) in [4.78, 5) is 15.6. The number of pyridine rings is 1. The highest BCUT2D eigenvalue weighted by atomic mass is 16.5. The molecule has 2 aromatic rings. The lowest BCUT2D eigenvalue weighted by Crippen LogP contribution is -2.20. The van der Waals surface area contributed by atoms with E-state index in [2.05, 4.69) is 10.3 Å². The molecule has 0 unspecified atom stereocenters. The number of nitrogens with zero attached hydrogens (tertiary/aromatic N) is 1. The van der Waals surface area contributed by atoms with Crippen molar-refractivity contribution in [2.75, 3.05) is 7.11 Å². The summed E-state index contributed by atoms with van der Waals surface area (Å²) >= 11 is 0. The van der Waals surface area contributed by atoms with Gasteiger partial charge in [0.2, 0.25) is 5.91 Å². The molecule has 4 nitrogen and oxygen atoms in total. The number of methoxy groups -OCH3 is 1. The number of ether oxygens (including phenoxy) is 1. The average Bonchev–Trinajstić information content (AvgIpc) is 2.52. The van der Waals surface area contributed by atoms with Gasteiger partial charge in [-0.25, -0.2) is 0 Å². The van der Waals surface area contributed by atoms with Gasteiger partial charge in [-0.1, -0.05) is 12.1 Å². The molecule has 0 atom stereocenters. The molecule has 1 heterocycles. The molecule has 1 N–H and O–H groups in total. The molecule has 0 spiro atoms. The number of nitrogens with one attached hydrogen (secondary N) is 1. The fraction of sp³-hybridized carbons (Fsp3) is 0.125. The largest absolute Gasteiger partial charge is 0.497 e. The highest BCUT2D eigenvalue weighted by Crippen LogP contribution is 2.12. The van der Waals surface area contributed by atoms with Crippen LogP contribution in [0, 0.1) is 0 Å². The Morgan fingerprint density at radius 2 is 2.10 bits per heavy atom. The van der Waals surface area contributed by atoms with Crippen LogP contribution < -0.4 is 10.1 Å². The van der Waals surface area contributed by atoms with Crippen molar-refractivity contribution in [2.24, 2.45) is 0 Å². The van der Waals surface area contributed by atoms with Crippen molar-refractivity contribution in [2.45, 2.75) is 6.54 Å². The first-order valence-corrected chi connectivity index (χ1v) is 6.27. The minimum atomic E-state index is -0.135. The van der Waals surface area contributed by atoms with Crippen LogP contribution in [0.2, 0.25) is 0 Å². The van der Waals surface area contributed by atoms with Crippen LogP contribution >= 0.6 is 0 Å². The van der Waals surface area contributed by atoms with Crippen LogP contribution in [-0.2, 0) is 11.3 Å². The molecular weight excluding hydrogens is 252 g/mol. The second-order valence-corrected chi connectivity index (χ2v) is 4.18. The highest BCUT2D eigenvalue weighted by Gasteiger charge is 1.98. The van der Waals surface area contributed by atoms with Crippen molar-refractivity contribution in [3.63, 3.8) is 0 Å². The van der Waals surface area contributed by atoms with Crippen molar-refractivity contribution in [1.82, 2.24) is 10.3 Å². The van der Waals surface area contributed by atoms with Gasteiger partial charge in [0.25, 0.3) is 0 Å². The van der Waals surface area contributed by atoms with Gasteiger partial charge in [-0.15, -0.1) is 0 Å². The van der Waals surface area contributed by atoms with Crippen LogP contribution in [0.25, 0.3) is 6.08 Å². The van der Waals surface area contributed by atoms with Gasteiger partial charge in [-0.05, 0) is 41.5 Å². The summed E-state index contributed by atoms with van der Waals surface area (Å²) in [5, 5.41) is 2.82. The van der Waals surface area contributed by atoms with Crippen LogP contribution in [-0.4, -0.2) is 18.0 Å². The topological polar surface area (TPSA) is 51.2 Å². The Morgan fingerprint density at radius 3 is 2.85 bits per heavy atom. The van der Waals surface area contributed by atoms with Crippen molar-refractivity contribution >= 4 is 12.0 Å². The second-order valence-electron chi connectivity index (χ2n) is 4.18. The second kappa shape index (κ2) is 7.09. The third-order valence-electron chi connectivity index (χ3n) is 2.73. The van der Waals surface area contributed by atoms with Crippen LogP contribution in [0.1, 0.15) is 11.1 Å². The minimum Gasteiger partial charge on any atom is -0.497 e. The van der Waals surface area contributed by atoms with E-state index < -0.39 is 0 Å². The fourth-order valence-electron chi connectivity index (χ4n) is 1.68. The molecule has 0 aliphatic rings. The lowest BCUT2D eigenvalue weighted by atomic mass is 10.2. The monoisotopic (exact) mass is 268 g/mol. The van der Waals surface area contributed by atoms with Gasteiger partial charge in [-0.2, -0.15) is 0 Å². The van der Waals surface area contributed by atoms with E-state index in [4.69, 9.17) is 4.74 Å². The lowest BCUT2D eigenvalue weighted by molar-refractivity contribution is -0.116. The summed E-state index contributed by atoms with van der Waals surface area (Å²) in [6.07, 6.45) is 6.64. The van der Waals surface area contributed by atoms with Crippen molar-refractivity contribution in [3.05, 3.63) is 66.0 Å². The first-order chi connectivity index (χ1) is 9.78. The predicted octanol–water partition coefficient (Wildman–Crippen LogP) is 2.42. The summed E-state index contributed by atoms with van der Waals surface area (Å²) < 4.78 is 5.13. The van der Waals surface area contributed by atoms with E-state index in [-0.39, 0.29) is 5.91 Å². The molecule has 0 saturated heterocycles. The van der Waals surface area contributed by atoms with Crippen LogP contribution in [0.4, 0.5) is 0 Å². The number of carbonyl (C=O) groups excluding carboxylic acids is 1. The van der Waals surface area contributed by atoms with E-state index in [1.165, 1.54) is 6.08 Å². The Hall–Kier alpha value is -2.62. The first-order valence-electron chi connectivity index (χ1n) is 6.27. The van der Waals surface area contributed by atoms with Crippen LogP contribution in [0.3, 0.4) is 0 Å². The number of aromatic nitrogens is 1. The zero-order chi connectivity index (χ0) is 14.2. The van der Waals surface area contributed by atoms with E-state index >= 15 is 0 Å². The smallest absolute Gasteiger partial charge is 0.244 e. The van der Waals surface area contributed by atoms with E-state index in [1.54, 1.807) is 25.6 Å². The quantitative estimate of drug-likeness (QED) is 0.847. The van der Waals surface area contributed by atoms with Crippen molar-refractivity contribution in [1.29, 1.82) is 0 Å². The Balaban J connectivity index is 1.87. The van der Waals surface area contributed by atoms with E-state index in [0.29, 0.717) is 6.54 Å². The molecule has 0 aliphatic heterocycles. The summed E-state index contributed by atoms with van der Waals surface area (Å²) in [5.74, 6) is 0.647. The SMILES string of the molecule is COc1cccc(CNC(=O)C=Cc2ccncc2)c1. The number of rotatable bonds is 5. The van der Waals surface area contributed by atoms with Crippen LogP contribution in [0.15, 0.2) is 54.9 Å². The van der Waals surface area contributed by atoms with Crippen molar-refractivity contribution in [3.8, 4) is 5.75 Å². The van der Waals surface area contributed by atoms with Gasteiger partial charge in [0.15, 0.2) is 0 Å². The van der Waals surface area contributed by atoms with Gasteiger partial charge in [0, 0.05) is 25.0 Å². The Bertz CT molecular complexity index is 594. The molecular formula is C16H16N2O2. The van der Waals surface area contributed by atoms with Crippen LogP contribution in [0.5, 0.6) is 5.75 Å². The number of benzene rings is 1. The molecule has 0 radical (unpaired) electrons. The third kappa shape index (κ3) is 4.24.